The van der Waals surface area contributed by atoms with Gasteiger partial charge in [0.2, 0.25) is 0 Å². The van der Waals surface area contributed by atoms with Crippen LogP contribution in [-0.4, -0.2) is 96.7 Å². The monoisotopic (exact) mass is 1530 g/mol. The maximum atomic E-state index is 13.1. The summed E-state index contributed by atoms with van der Waals surface area (Å²) in [5, 5.41) is 10.7. The number of allylic oxidation sites excluding steroid dienone is 22. The summed E-state index contributed by atoms with van der Waals surface area (Å²) >= 11 is 0. The second-order valence-electron chi connectivity index (χ2n) is 27.3. The Balaban J connectivity index is 5.42. The summed E-state index contributed by atoms with van der Waals surface area (Å²) in [4.78, 5) is 73.1. The van der Waals surface area contributed by atoms with Gasteiger partial charge < -0.3 is 33.8 Å². The zero-order valence-electron chi connectivity index (χ0n) is 66.6. The fourth-order valence-electron chi connectivity index (χ4n) is 10.8. The second kappa shape index (κ2) is 78.3. The molecule has 106 heavy (non-hydrogen) atoms. The molecule has 0 aliphatic heterocycles. The molecule has 0 aromatic carbocycles. The molecule has 0 aromatic heterocycles. The summed E-state index contributed by atoms with van der Waals surface area (Å²) in [6, 6.07) is 0. The number of aliphatic hydroxyl groups excluding tert-OH is 1. The highest BCUT2D eigenvalue weighted by Crippen LogP contribution is 2.45. The van der Waals surface area contributed by atoms with Gasteiger partial charge in [0, 0.05) is 25.7 Å². The normalized spacial score (nSPS) is 14.5. The number of unbranched alkanes of at least 4 members (excludes halogenated alkanes) is 29. The van der Waals surface area contributed by atoms with E-state index >= 15 is 0 Å². The van der Waals surface area contributed by atoms with Crippen molar-refractivity contribution in [3.05, 3.63) is 134 Å². The summed E-state index contributed by atoms with van der Waals surface area (Å²) in [6.07, 6.45) is 88.5. The predicted molar refractivity (Wildman–Crippen MR) is 436 cm³/mol. The van der Waals surface area contributed by atoms with Crippen LogP contribution in [0.25, 0.3) is 0 Å². The van der Waals surface area contributed by atoms with Gasteiger partial charge in [-0.15, -0.1) is 0 Å². The Morgan fingerprint density at radius 3 is 0.802 bits per heavy atom. The van der Waals surface area contributed by atoms with Crippen molar-refractivity contribution >= 4 is 39.5 Å². The highest BCUT2D eigenvalue weighted by Gasteiger charge is 2.30. The molecule has 5 atom stereocenters. The van der Waals surface area contributed by atoms with Crippen LogP contribution in [0.15, 0.2) is 134 Å². The number of phosphoric ester groups is 2. The van der Waals surface area contributed by atoms with Crippen molar-refractivity contribution in [1.29, 1.82) is 0 Å². The number of aliphatic hydroxyl groups is 1. The average molecular weight is 1530 g/mol. The lowest BCUT2D eigenvalue weighted by Gasteiger charge is -2.21. The van der Waals surface area contributed by atoms with Crippen molar-refractivity contribution in [2.75, 3.05) is 39.6 Å². The van der Waals surface area contributed by atoms with Crippen LogP contribution < -0.4 is 0 Å². The highest BCUT2D eigenvalue weighted by molar-refractivity contribution is 7.47. The first-order chi connectivity index (χ1) is 51.7. The molecule has 0 radical (unpaired) electrons. The minimum absolute atomic E-state index is 0.0736. The fourth-order valence-corrected chi connectivity index (χ4v) is 12.4. The Hall–Kier alpha value is -4.80. The van der Waals surface area contributed by atoms with E-state index in [1.165, 1.54) is 57.8 Å². The number of carbonyl (C=O) groups excluding carboxylic acids is 4. The summed E-state index contributed by atoms with van der Waals surface area (Å²) < 4.78 is 68.7. The molecule has 0 saturated carbocycles. The summed E-state index contributed by atoms with van der Waals surface area (Å²) in [7, 11) is -9.99. The third-order valence-corrected chi connectivity index (χ3v) is 19.0. The largest absolute Gasteiger partial charge is 0.472 e. The van der Waals surface area contributed by atoms with Crippen LogP contribution in [0, 0.1) is 0 Å². The molecule has 0 amide bonds. The molecule has 0 heterocycles. The van der Waals surface area contributed by atoms with Crippen LogP contribution in [0.2, 0.25) is 0 Å². The highest BCUT2D eigenvalue weighted by atomic mass is 31.2. The van der Waals surface area contributed by atoms with Gasteiger partial charge in [0.1, 0.15) is 19.3 Å². The zero-order valence-corrected chi connectivity index (χ0v) is 68.4. The number of hydrogen-bond donors (Lipinski definition) is 3. The first-order valence-electron chi connectivity index (χ1n) is 41.4. The fraction of sp³-hybridized carbons (Fsp3) is 0.701. The molecule has 0 aromatic rings. The van der Waals surface area contributed by atoms with E-state index in [1.54, 1.807) is 0 Å². The topological polar surface area (TPSA) is 237 Å². The molecule has 19 heteroatoms. The van der Waals surface area contributed by atoms with Crippen LogP contribution in [-0.2, 0) is 65.4 Å². The third-order valence-electron chi connectivity index (χ3n) is 17.1. The van der Waals surface area contributed by atoms with Gasteiger partial charge >= 0.3 is 39.5 Å². The van der Waals surface area contributed by atoms with E-state index in [-0.39, 0.29) is 25.7 Å². The molecular weight excluding hydrogens is 1380 g/mol. The Labute approximate surface area is 644 Å². The van der Waals surface area contributed by atoms with Crippen molar-refractivity contribution in [2.45, 2.75) is 354 Å². The summed E-state index contributed by atoms with van der Waals surface area (Å²) in [5.41, 5.74) is 0. The molecular formula is C87H148O17P2. The van der Waals surface area contributed by atoms with Crippen molar-refractivity contribution in [3.63, 3.8) is 0 Å². The van der Waals surface area contributed by atoms with Gasteiger partial charge in [0.05, 0.1) is 26.4 Å². The summed E-state index contributed by atoms with van der Waals surface area (Å²) in [6.45, 7) is 4.57. The minimum Gasteiger partial charge on any atom is -0.462 e. The molecule has 0 rings (SSSR count). The molecule has 608 valence electrons. The maximum absolute atomic E-state index is 13.1. The minimum atomic E-state index is -4.99. The van der Waals surface area contributed by atoms with Crippen LogP contribution >= 0.6 is 15.6 Å². The van der Waals surface area contributed by atoms with Gasteiger partial charge in [-0.2, -0.15) is 0 Å². The van der Waals surface area contributed by atoms with Gasteiger partial charge in [-0.1, -0.05) is 283 Å². The molecule has 0 bridgehead atoms. The standard InChI is InChI=1S/C87H148O17P2/c1-5-9-13-17-21-25-29-33-37-39-40-42-45-48-52-56-60-64-68-72-85(90)98-78-83(104-87(92)74-70-66-62-58-54-50-46-41-38-34-30-26-22-18-14-10-6-2)80-102-106(95,96)100-76-81(88)75-99-105(93,94)101-79-82(103-86(91)73-69-65-61-57-53-49-44-36-32-28-24-20-16-12-8-4)77-97-84(89)71-67-63-59-55-51-47-43-35-31-27-23-19-15-11-7-3/h10-11,14-15,21-23,25-27,33-38,40,42-44,51,55,81-83,88H,5-9,12-13,16-20,24,28-32,39,41,45-50,52-54,56-80H2,1-4H3,(H,93,94)(H,95,96)/b14-10-,15-11-,25-21-,26-22-,27-23-,37-33-,38-34-,42-40-,43-35-,44-36-,55-51-. The van der Waals surface area contributed by atoms with Crippen LogP contribution in [0.1, 0.15) is 336 Å². The van der Waals surface area contributed by atoms with Gasteiger partial charge in [-0.3, -0.25) is 37.3 Å². The Morgan fingerprint density at radius 1 is 0.274 bits per heavy atom. The van der Waals surface area contributed by atoms with Crippen molar-refractivity contribution < 1.29 is 80.2 Å². The van der Waals surface area contributed by atoms with Crippen LogP contribution in [0.3, 0.4) is 0 Å². The quantitative estimate of drug-likeness (QED) is 0.0169. The van der Waals surface area contributed by atoms with Crippen LogP contribution in [0.4, 0.5) is 0 Å². The predicted octanol–water partition coefficient (Wildman–Crippen LogP) is 24.4. The second-order valence-corrected chi connectivity index (χ2v) is 30.2. The maximum Gasteiger partial charge on any atom is 0.472 e. The molecule has 0 aliphatic rings. The number of carbonyl (C=O) groups is 4. The number of rotatable bonds is 77. The summed E-state index contributed by atoms with van der Waals surface area (Å²) in [5.74, 6) is -2.25. The molecule has 5 unspecified atom stereocenters. The number of esters is 4. The first kappa shape index (κ1) is 101. The molecule has 0 spiro atoms. The van der Waals surface area contributed by atoms with Gasteiger partial charge in [-0.25, -0.2) is 9.13 Å². The lowest BCUT2D eigenvalue weighted by atomic mass is 10.1. The average Bonchev–Trinajstić information content (AvgIpc) is 0.899. The Morgan fingerprint density at radius 2 is 0.491 bits per heavy atom. The van der Waals surface area contributed by atoms with Gasteiger partial charge in [0.15, 0.2) is 12.2 Å². The number of ether oxygens (including phenoxy) is 4. The molecule has 3 N–H and O–H groups in total. The Bertz CT molecular complexity index is 2530. The zero-order chi connectivity index (χ0) is 77.4. The SMILES string of the molecule is CC/C=C\C/C=C\C/C=C\C/C=C\CCCCC(=O)OCC(COP(=O)(O)OCC(O)COP(=O)(O)OCC(COC(=O)CCCCCCCC/C=C\C/C=C\C/C=C\CCCCC)OC(=O)CCCCCCCCC/C=C\C/C=C\C/C=C\CC)OC(=O)CCCCCCC/C=C\CCCCCCCC. The van der Waals surface area contributed by atoms with Gasteiger partial charge in [0.25, 0.3) is 0 Å². The molecule has 0 aliphatic carbocycles. The van der Waals surface area contributed by atoms with Crippen molar-refractivity contribution in [1.82, 2.24) is 0 Å². The molecule has 17 nitrogen and oxygen atoms in total. The van der Waals surface area contributed by atoms with E-state index in [1.807, 2.05) is 0 Å². The lowest BCUT2D eigenvalue weighted by Crippen LogP contribution is -2.30. The van der Waals surface area contributed by atoms with E-state index in [0.29, 0.717) is 25.7 Å². The van der Waals surface area contributed by atoms with E-state index in [4.69, 9.17) is 37.0 Å². The van der Waals surface area contributed by atoms with Crippen LogP contribution in [0.5, 0.6) is 0 Å². The third kappa shape index (κ3) is 77.4. The molecule has 0 fully saturated rings. The van der Waals surface area contributed by atoms with Gasteiger partial charge in [-0.05, 0) is 161 Å². The first-order valence-corrected chi connectivity index (χ1v) is 44.4. The van der Waals surface area contributed by atoms with E-state index < -0.39 is 97.5 Å². The van der Waals surface area contributed by atoms with Crippen molar-refractivity contribution in [3.8, 4) is 0 Å². The molecule has 0 saturated heterocycles. The Kier molecular flexibility index (Phi) is 74.8. The number of hydrogen-bond acceptors (Lipinski definition) is 15. The van der Waals surface area contributed by atoms with E-state index in [0.717, 1.165) is 199 Å². The van der Waals surface area contributed by atoms with Crippen molar-refractivity contribution in [2.24, 2.45) is 0 Å². The number of phosphoric acid groups is 2. The lowest BCUT2D eigenvalue weighted by molar-refractivity contribution is -0.161. The van der Waals surface area contributed by atoms with E-state index in [2.05, 4.69) is 161 Å². The van der Waals surface area contributed by atoms with E-state index in [9.17, 15) is 43.2 Å². The smallest absolute Gasteiger partial charge is 0.462 e.